The van der Waals surface area contributed by atoms with Crippen LogP contribution in [0, 0.1) is 6.92 Å². The van der Waals surface area contributed by atoms with Gasteiger partial charge in [-0.1, -0.05) is 54.1 Å². The molecule has 0 atom stereocenters. The Kier molecular flexibility index (Phi) is 9.42. The molecule has 0 spiro atoms. The van der Waals surface area contributed by atoms with Gasteiger partial charge in [0.1, 0.15) is 6.61 Å². The Morgan fingerprint density at radius 1 is 0.909 bits per heavy atom. The van der Waals surface area contributed by atoms with E-state index in [4.69, 9.17) is 21.1 Å². The second-order valence-electron chi connectivity index (χ2n) is 9.86. The van der Waals surface area contributed by atoms with Gasteiger partial charge in [-0.25, -0.2) is 10.2 Å². The van der Waals surface area contributed by atoms with Crippen LogP contribution in [0.4, 0.5) is 0 Å². The summed E-state index contributed by atoms with van der Waals surface area (Å²) in [5.74, 6) is -0.658. The number of carbonyl (C=O) groups excluding carboxylic acids is 1. The Morgan fingerprint density at radius 3 is 2.41 bits per heavy atom. The van der Waals surface area contributed by atoms with Crippen molar-refractivity contribution < 1.29 is 24.2 Å². The van der Waals surface area contributed by atoms with Gasteiger partial charge in [-0.2, -0.15) is 5.10 Å². The summed E-state index contributed by atoms with van der Waals surface area (Å²) in [5, 5.41) is 13.6. The molecular formula is C35H30ClN3O5. The van der Waals surface area contributed by atoms with Crippen LogP contribution in [0.15, 0.2) is 108 Å². The van der Waals surface area contributed by atoms with Gasteiger partial charge in [-0.05, 0) is 91.2 Å². The molecule has 0 aliphatic heterocycles. The smallest absolute Gasteiger partial charge is 0.335 e. The number of hydrogen-bond acceptors (Lipinski definition) is 5. The Labute approximate surface area is 260 Å². The third kappa shape index (κ3) is 6.99. The van der Waals surface area contributed by atoms with E-state index in [1.165, 1.54) is 18.3 Å². The standard InChI is InChI=1S/C35H30ClN3O5/c1-3-43-32-20-25(19-30(36)33(32)44-22-24-8-7-11-28(18-24)35(41)42)21-37-38-34(40)27-13-15-29(16-14-27)39-23(2)12-17-31(39)26-9-5-4-6-10-26/h4-21H,3,22H2,1-2H3,(H,38,40)(H,41,42)/b37-21+. The molecule has 8 nitrogen and oxygen atoms in total. The number of aromatic nitrogens is 1. The molecule has 0 aliphatic rings. The minimum atomic E-state index is -1.02. The fourth-order valence-corrected chi connectivity index (χ4v) is 5.00. The molecule has 0 aliphatic carbocycles. The first-order chi connectivity index (χ1) is 21.3. The molecule has 44 heavy (non-hydrogen) atoms. The third-order valence-electron chi connectivity index (χ3n) is 6.80. The van der Waals surface area contributed by atoms with Crippen LogP contribution in [0.3, 0.4) is 0 Å². The predicted molar refractivity (Wildman–Crippen MR) is 171 cm³/mol. The molecule has 0 saturated heterocycles. The van der Waals surface area contributed by atoms with E-state index >= 15 is 0 Å². The van der Waals surface area contributed by atoms with E-state index in [1.807, 2.05) is 44.2 Å². The van der Waals surface area contributed by atoms with Crippen molar-refractivity contribution in [1.29, 1.82) is 0 Å². The first-order valence-corrected chi connectivity index (χ1v) is 14.3. The van der Waals surface area contributed by atoms with Crippen LogP contribution in [0.5, 0.6) is 11.5 Å². The van der Waals surface area contributed by atoms with Crippen molar-refractivity contribution in [2.45, 2.75) is 20.5 Å². The lowest BCUT2D eigenvalue weighted by molar-refractivity contribution is 0.0696. The Hall–Kier alpha value is -5.34. The fourth-order valence-electron chi connectivity index (χ4n) is 4.72. The number of nitrogens with one attached hydrogen (secondary N) is 1. The summed E-state index contributed by atoms with van der Waals surface area (Å²) in [4.78, 5) is 24.1. The summed E-state index contributed by atoms with van der Waals surface area (Å²) >= 11 is 6.52. The van der Waals surface area contributed by atoms with E-state index in [0.717, 1.165) is 22.6 Å². The Balaban J connectivity index is 1.26. The molecule has 0 saturated carbocycles. The maximum Gasteiger partial charge on any atom is 0.335 e. The fraction of sp³-hybridized carbons (Fsp3) is 0.114. The Bertz CT molecular complexity index is 1810. The number of carboxylic acids is 1. The highest BCUT2D eigenvalue weighted by molar-refractivity contribution is 6.32. The number of carbonyl (C=O) groups is 2. The zero-order valence-electron chi connectivity index (χ0n) is 24.2. The zero-order valence-corrected chi connectivity index (χ0v) is 24.9. The van der Waals surface area contributed by atoms with E-state index in [-0.39, 0.29) is 23.1 Å². The largest absolute Gasteiger partial charge is 0.490 e. The summed E-state index contributed by atoms with van der Waals surface area (Å²) in [6.07, 6.45) is 1.47. The summed E-state index contributed by atoms with van der Waals surface area (Å²) < 4.78 is 13.8. The van der Waals surface area contributed by atoms with Gasteiger partial charge >= 0.3 is 5.97 Å². The molecule has 5 rings (SSSR count). The van der Waals surface area contributed by atoms with Crippen molar-refractivity contribution in [1.82, 2.24) is 9.99 Å². The highest BCUT2D eigenvalue weighted by Crippen LogP contribution is 2.37. The molecule has 2 N–H and O–H groups in total. The number of amides is 1. The molecule has 1 heterocycles. The highest BCUT2D eigenvalue weighted by atomic mass is 35.5. The molecule has 222 valence electrons. The minimum Gasteiger partial charge on any atom is -0.490 e. The summed E-state index contributed by atoms with van der Waals surface area (Å²) in [5.41, 5.74) is 8.65. The number of aryl methyl sites for hydroxylation is 1. The van der Waals surface area contributed by atoms with Crippen molar-refractivity contribution in [3.8, 4) is 28.4 Å². The lowest BCUT2D eigenvalue weighted by atomic mass is 10.1. The molecule has 0 unspecified atom stereocenters. The van der Waals surface area contributed by atoms with Gasteiger partial charge in [0.2, 0.25) is 0 Å². The maximum absolute atomic E-state index is 12.8. The molecule has 1 aromatic heterocycles. The van der Waals surface area contributed by atoms with Crippen LogP contribution < -0.4 is 14.9 Å². The normalized spacial score (nSPS) is 11.0. The average molecular weight is 608 g/mol. The minimum absolute atomic E-state index is 0.0979. The highest BCUT2D eigenvalue weighted by Gasteiger charge is 2.14. The molecule has 0 radical (unpaired) electrons. The number of hydrazone groups is 1. The molecule has 1 amide bonds. The van der Waals surface area contributed by atoms with Crippen molar-refractivity contribution in [3.05, 3.63) is 136 Å². The van der Waals surface area contributed by atoms with E-state index in [0.29, 0.717) is 34.8 Å². The number of carboxylic acid groups (broad SMARTS) is 1. The summed E-state index contributed by atoms with van der Waals surface area (Å²) in [6, 6.07) is 31.4. The number of nitrogens with zero attached hydrogens (tertiary/aromatic N) is 2. The van der Waals surface area contributed by atoms with E-state index < -0.39 is 5.97 Å². The molecule has 4 aromatic carbocycles. The van der Waals surface area contributed by atoms with Crippen LogP contribution >= 0.6 is 11.6 Å². The lowest BCUT2D eigenvalue weighted by Gasteiger charge is -2.14. The van der Waals surface area contributed by atoms with Gasteiger partial charge in [0, 0.05) is 16.9 Å². The van der Waals surface area contributed by atoms with Gasteiger partial charge in [-0.15, -0.1) is 0 Å². The first-order valence-electron chi connectivity index (χ1n) is 13.9. The molecule has 5 aromatic rings. The monoisotopic (exact) mass is 607 g/mol. The van der Waals surface area contributed by atoms with Gasteiger partial charge in [0.05, 0.1) is 29.1 Å². The topological polar surface area (TPSA) is 102 Å². The van der Waals surface area contributed by atoms with Crippen LogP contribution in [0.1, 0.15) is 44.5 Å². The number of halogens is 1. The molecule has 0 fully saturated rings. The van der Waals surface area contributed by atoms with E-state index in [9.17, 15) is 14.7 Å². The second-order valence-corrected chi connectivity index (χ2v) is 10.3. The van der Waals surface area contributed by atoms with Crippen molar-refractivity contribution in [3.63, 3.8) is 0 Å². The van der Waals surface area contributed by atoms with Crippen molar-refractivity contribution in [2.75, 3.05) is 6.61 Å². The third-order valence-corrected chi connectivity index (χ3v) is 7.08. The van der Waals surface area contributed by atoms with Crippen LogP contribution in [0.2, 0.25) is 5.02 Å². The first kappa shape index (κ1) is 30.1. The lowest BCUT2D eigenvalue weighted by Crippen LogP contribution is -2.17. The Morgan fingerprint density at radius 2 is 1.68 bits per heavy atom. The van der Waals surface area contributed by atoms with Gasteiger partial charge in [-0.3, -0.25) is 4.79 Å². The van der Waals surface area contributed by atoms with Crippen molar-refractivity contribution in [2.24, 2.45) is 5.10 Å². The van der Waals surface area contributed by atoms with Gasteiger partial charge < -0.3 is 19.1 Å². The van der Waals surface area contributed by atoms with Crippen LogP contribution in [-0.2, 0) is 6.61 Å². The second kappa shape index (κ2) is 13.8. The van der Waals surface area contributed by atoms with Crippen LogP contribution in [-0.4, -0.2) is 34.4 Å². The van der Waals surface area contributed by atoms with Crippen LogP contribution in [0.25, 0.3) is 16.9 Å². The predicted octanol–water partition coefficient (Wildman–Crippen LogP) is 7.55. The summed E-state index contributed by atoms with van der Waals surface area (Å²) in [7, 11) is 0. The molecule has 9 heteroatoms. The van der Waals surface area contributed by atoms with Gasteiger partial charge in [0.25, 0.3) is 5.91 Å². The quantitative estimate of drug-likeness (QED) is 0.119. The maximum atomic E-state index is 12.8. The van der Waals surface area contributed by atoms with Crippen molar-refractivity contribution >= 4 is 29.7 Å². The number of rotatable bonds is 11. The zero-order chi connectivity index (χ0) is 31.1. The van der Waals surface area contributed by atoms with E-state index in [2.05, 4.69) is 39.4 Å². The number of aromatic carboxylic acids is 1. The molecular weight excluding hydrogens is 578 g/mol. The van der Waals surface area contributed by atoms with E-state index in [1.54, 1.807) is 36.4 Å². The SMILES string of the molecule is CCOc1cc(/C=N/NC(=O)c2ccc(-n3c(C)ccc3-c3ccccc3)cc2)cc(Cl)c1OCc1cccc(C(=O)O)c1. The number of benzene rings is 4. The molecule has 0 bridgehead atoms. The average Bonchev–Trinajstić information content (AvgIpc) is 3.42. The number of hydrogen-bond donors (Lipinski definition) is 2. The van der Waals surface area contributed by atoms with Gasteiger partial charge in [0.15, 0.2) is 11.5 Å². The summed E-state index contributed by atoms with van der Waals surface area (Å²) in [6.45, 7) is 4.34. The number of ether oxygens (including phenoxy) is 2.